The first-order valence-corrected chi connectivity index (χ1v) is 2.91. The molecule has 0 aliphatic heterocycles. The number of nitrogens with one attached hydrogen (secondary N) is 1. The number of likely N-dealkylation sites (N-methyl/N-ethyl adjacent to an activating group) is 1. The van der Waals surface area contributed by atoms with Crippen LogP contribution in [0.2, 0.25) is 0 Å². The maximum absolute atomic E-state index is 5.09. The third-order valence-electron chi connectivity index (χ3n) is 1.40. The Balaban J connectivity index is 3.62. The van der Waals surface area contributed by atoms with Crippen LogP contribution in [-0.2, 0) is 9.47 Å². The minimum atomic E-state index is -0.339. The van der Waals surface area contributed by atoms with Crippen molar-refractivity contribution in [2.45, 2.75) is 12.6 Å². The lowest BCUT2D eigenvalue weighted by Gasteiger charge is -2.26. The second kappa shape index (κ2) is 3.82. The highest BCUT2D eigenvalue weighted by Crippen LogP contribution is 2.01. The van der Waals surface area contributed by atoms with E-state index < -0.39 is 0 Å². The summed E-state index contributed by atoms with van der Waals surface area (Å²) in [5, 5.41) is 2.98. The van der Waals surface area contributed by atoms with Crippen molar-refractivity contribution in [3.63, 3.8) is 0 Å². The Hall–Kier alpha value is -0.120. The van der Waals surface area contributed by atoms with Gasteiger partial charge >= 0.3 is 0 Å². The number of hydrogen-bond acceptors (Lipinski definition) is 3. The average molecular weight is 133 g/mol. The molecule has 0 saturated heterocycles. The zero-order chi connectivity index (χ0) is 7.33. The standard InChI is InChI=1S/C6H15NO2/c1-6(7-2,9-4)5-8-3/h7H,5H2,1-4H3. The molecule has 0 aromatic heterocycles. The normalized spacial score (nSPS) is 17.3. The summed E-state index contributed by atoms with van der Waals surface area (Å²) in [4.78, 5) is 0. The van der Waals surface area contributed by atoms with E-state index in [-0.39, 0.29) is 5.72 Å². The molecule has 1 N–H and O–H groups in total. The fourth-order valence-electron chi connectivity index (χ4n) is 0.509. The lowest BCUT2D eigenvalue weighted by atomic mass is 10.3. The fourth-order valence-corrected chi connectivity index (χ4v) is 0.509. The van der Waals surface area contributed by atoms with Gasteiger partial charge in [0, 0.05) is 14.2 Å². The highest BCUT2D eigenvalue weighted by atomic mass is 16.5. The predicted molar refractivity (Wildman–Crippen MR) is 36.3 cm³/mol. The molecule has 0 aliphatic carbocycles. The van der Waals surface area contributed by atoms with Gasteiger partial charge in [-0.05, 0) is 14.0 Å². The van der Waals surface area contributed by atoms with E-state index in [9.17, 15) is 0 Å². The van der Waals surface area contributed by atoms with E-state index >= 15 is 0 Å². The van der Waals surface area contributed by atoms with Gasteiger partial charge < -0.3 is 9.47 Å². The van der Waals surface area contributed by atoms with Crippen molar-refractivity contribution >= 4 is 0 Å². The van der Waals surface area contributed by atoms with Crippen LogP contribution in [-0.4, -0.2) is 33.6 Å². The maximum atomic E-state index is 5.09. The van der Waals surface area contributed by atoms with E-state index in [1.165, 1.54) is 0 Å². The molecule has 56 valence electrons. The van der Waals surface area contributed by atoms with Gasteiger partial charge in [-0.2, -0.15) is 0 Å². The molecule has 0 rings (SSSR count). The van der Waals surface area contributed by atoms with E-state index in [2.05, 4.69) is 5.32 Å². The van der Waals surface area contributed by atoms with Crippen molar-refractivity contribution < 1.29 is 9.47 Å². The van der Waals surface area contributed by atoms with Gasteiger partial charge in [0.25, 0.3) is 0 Å². The van der Waals surface area contributed by atoms with Crippen LogP contribution >= 0.6 is 0 Å². The Bertz CT molecular complexity index is 71.5. The van der Waals surface area contributed by atoms with Crippen LogP contribution in [0.25, 0.3) is 0 Å². The maximum Gasteiger partial charge on any atom is 0.139 e. The van der Waals surface area contributed by atoms with Crippen molar-refractivity contribution in [1.29, 1.82) is 0 Å². The highest BCUT2D eigenvalue weighted by molar-refractivity contribution is 4.67. The third kappa shape index (κ3) is 2.79. The van der Waals surface area contributed by atoms with Gasteiger partial charge in [-0.15, -0.1) is 0 Å². The Morgan fingerprint density at radius 1 is 1.44 bits per heavy atom. The molecule has 0 heterocycles. The van der Waals surface area contributed by atoms with Crippen molar-refractivity contribution in [2.75, 3.05) is 27.9 Å². The number of rotatable bonds is 4. The summed E-state index contributed by atoms with van der Waals surface area (Å²) >= 11 is 0. The molecule has 0 spiro atoms. The first-order chi connectivity index (χ1) is 4.18. The fraction of sp³-hybridized carbons (Fsp3) is 1.00. The van der Waals surface area contributed by atoms with Crippen LogP contribution in [0, 0.1) is 0 Å². The number of methoxy groups -OCH3 is 2. The molecule has 0 aliphatic rings. The smallest absolute Gasteiger partial charge is 0.139 e. The molecule has 0 aromatic rings. The zero-order valence-corrected chi connectivity index (χ0v) is 6.52. The lowest BCUT2D eigenvalue weighted by Crippen LogP contribution is -2.45. The quantitative estimate of drug-likeness (QED) is 0.556. The first-order valence-electron chi connectivity index (χ1n) is 2.91. The molecule has 0 bridgehead atoms. The molecule has 3 heteroatoms. The number of ether oxygens (including phenoxy) is 2. The average Bonchev–Trinajstić information content (AvgIpc) is 1.89. The van der Waals surface area contributed by atoms with Gasteiger partial charge in [0.2, 0.25) is 0 Å². The van der Waals surface area contributed by atoms with Crippen LogP contribution in [0.1, 0.15) is 6.92 Å². The van der Waals surface area contributed by atoms with Crippen LogP contribution in [0.5, 0.6) is 0 Å². The summed E-state index contributed by atoms with van der Waals surface area (Å²) in [5.74, 6) is 0. The lowest BCUT2D eigenvalue weighted by molar-refractivity contribution is -0.0692. The molecule has 1 unspecified atom stereocenters. The Kier molecular flexibility index (Phi) is 3.77. The van der Waals surface area contributed by atoms with Crippen molar-refractivity contribution in [3.8, 4) is 0 Å². The molecule has 0 amide bonds. The monoisotopic (exact) mass is 133 g/mol. The van der Waals surface area contributed by atoms with Crippen LogP contribution < -0.4 is 5.32 Å². The van der Waals surface area contributed by atoms with Crippen LogP contribution in [0.15, 0.2) is 0 Å². The van der Waals surface area contributed by atoms with Crippen LogP contribution in [0.3, 0.4) is 0 Å². The van der Waals surface area contributed by atoms with Gasteiger partial charge in [0.15, 0.2) is 0 Å². The van der Waals surface area contributed by atoms with E-state index in [4.69, 9.17) is 9.47 Å². The zero-order valence-electron chi connectivity index (χ0n) is 6.52. The SMILES string of the molecule is CNC(C)(COC)OC. The highest BCUT2D eigenvalue weighted by Gasteiger charge is 2.19. The minimum Gasteiger partial charge on any atom is -0.380 e. The second-order valence-electron chi connectivity index (χ2n) is 2.12. The second-order valence-corrected chi connectivity index (χ2v) is 2.12. The van der Waals surface area contributed by atoms with E-state index in [0.29, 0.717) is 6.61 Å². The molecule has 3 nitrogen and oxygen atoms in total. The summed E-state index contributed by atoms with van der Waals surface area (Å²) in [5.41, 5.74) is -0.339. The Morgan fingerprint density at radius 2 is 2.00 bits per heavy atom. The van der Waals surface area contributed by atoms with Crippen molar-refractivity contribution in [3.05, 3.63) is 0 Å². The Morgan fingerprint density at radius 3 is 2.11 bits per heavy atom. The van der Waals surface area contributed by atoms with Gasteiger partial charge in [-0.3, -0.25) is 5.32 Å². The van der Waals surface area contributed by atoms with E-state index in [1.807, 2.05) is 14.0 Å². The van der Waals surface area contributed by atoms with Crippen molar-refractivity contribution in [1.82, 2.24) is 5.32 Å². The minimum absolute atomic E-state index is 0.339. The molecule has 0 radical (unpaired) electrons. The predicted octanol–water partition coefficient (Wildman–Crippen LogP) is 0.215. The summed E-state index contributed by atoms with van der Waals surface area (Å²) in [7, 11) is 5.13. The Labute approximate surface area is 56.3 Å². The molecular weight excluding hydrogens is 118 g/mol. The van der Waals surface area contributed by atoms with Gasteiger partial charge in [-0.25, -0.2) is 0 Å². The van der Waals surface area contributed by atoms with Gasteiger partial charge in [0.05, 0.1) is 6.61 Å². The molecule has 1 atom stereocenters. The van der Waals surface area contributed by atoms with Crippen LogP contribution in [0.4, 0.5) is 0 Å². The number of hydrogen-bond donors (Lipinski definition) is 1. The molecule has 9 heavy (non-hydrogen) atoms. The third-order valence-corrected chi connectivity index (χ3v) is 1.40. The molecule has 0 saturated carbocycles. The summed E-state index contributed by atoms with van der Waals surface area (Å²) in [6, 6.07) is 0. The summed E-state index contributed by atoms with van der Waals surface area (Å²) < 4.78 is 9.99. The largest absolute Gasteiger partial charge is 0.380 e. The first kappa shape index (κ1) is 8.88. The van der Waals surface area contributed by atoms with Gasteiger partial charge in [0.1, 0.15) is 5.72 Å². The summed E-state index contributed by atoms with van der Waals surface area (Å²) in [6.07, 6.45) is 0. The molecular formula is C6H15NO2. The van der Waals surface area contributed by atoms with E-state index in [1.54, 1.807) is 14.2 Å². The van der Waals surface area contributed by atoms with E-state index in [0.717, 1.165) is 0 Å². The molecule has 0 aromatic carbocycles. The van der Waals surface area contributed by atoms with Crippen molar-refractivity contribution in [2.24, 2.45) is 0 Å². The molecule has 0 fully saturated rings. The van der Waals surface area contributed by atoms with Gasteiger partial charge in [-0.1, -0.05) is 0 Å². The topological polar surface area (TPSA) is 30.5 Å². The summed E-state index contributed by atoms with van der Waals surface area (Å²) in [6.45, 7) is 2.48.